The number of rotatable bonds is 7. The van der Waals surface area contributed by atoms with Gasteiger partial charge in [0.05, 0.1) is 24.2 Å². The largest absolute Gasteiger partial charge is 0.390 e. The monoisotopic (exact) mass is 251 g/mol. The van der Waals surface area contributed by atoms with Gasteiger partial charge in [-0.3, -0.25) is 0 Å². The molecule has 0 aromatic carbocycles. The molecule has 0 saturated carbocycles. The van der Waals surface area contributed by atoms with Crippen LogP contribution in [0.5, 0.6) is 0 Å². The van der Waals surface area contributed by atoms with E-state index in [2.05, 4.69) is 35.6 Å². The van der Waals surface area contributed by atoms with Gasteiger partial charge in [-0.25, -0.2) is 9.97 Å². The molecular formula is C14H25N3O. The molecule has 0 bridgehead atoms. The van der Waals surface area contributed by atoms with Crippen molar-refractivity contribution in [1.82, 2.24) is 9.97 Å². The van der Waals surface area contributed by atoms with Crippen LogP contribution in [0, 0.1) is 0 Å². The van der Waals surface area contributed by atoms with Crippen molar-refractivity contribution in [3.63, 3.8) is 0 Å². The van der Waals surface area contributed by atoms with Gasteiger partial charge in [0.15, 0.2) is 0 Å². The van der Waals surface area contributed by atoms with Crippen LogP contribution in [0.1, 0.15) is 57.5 Å². The molecule has 1 aromatic rings. The summed E-state index contributed by atoms with van der Waals surface area (Å²) < 4.78 is 0. The van der Waals surface area contributed by atoms with Crippen molar-refractivity contribution in [2.75, 3.05) is 18.5 Å². The van der Waals surface area contributed by atoms with Crippen LogP contribution in [0.3, 0.4) is 0 Å². The van der Waals surface area contributed by atoms with E-state index in [9.17, 15) is 5.11 Å². The fourth-order valence-electron chi connectivity index (χ4n) is 1.86. The number of unbranched alkanes of at least 4 members (excludes halogenated alkanes) is 2. The van der Waals surface area contributed by atoms with Gasteiger partial charge in [-0.15, -0.1) is 0 Å². The third kappa shape index (κ3) is 3.95. The zero-order chi connectivity index (χ0) is 13.5. The lowest BCUT2D eigenvalue weighted by Gasteiger charge is -2.21. The van der Waals surface area contributed by atoms with E-state index >= 15 is 0 Å². The normalized spacial score (nSPS) is 11.0. The van der Waals surface area contributed by atoms with E-state index < -0.39 is 0 Å². The molecule has 0 aliphatic rings. The average molecular weight is 251 g/mol. The van der Waals surface area contributed by atoms with E-state index in [0.717, 1.165) is 30.2 Å². The Morgan fingerprint density at radius 3 is 2.61 bits per heavy atom. The maximum absolute atomic E-state index is 9.43. The number of aliphatic hydroxyl groups excluding tert-OH is 1. The molecule has 0 radical (unpaired) electrons. The van der Waals surface area contributed by atoms with Crippen molar-refractivity contribution in [2.24, 2.45) is 0 Å². The molecule has 0 unspecified atom stereocenters. The molecule has 1 N–H and O–H groups in total. The Kier molecular flexibility index (Phi) is 6.05. The van der Waals surface area contributed by atoms with E-state index in [1.165, 1.54) is 12.8 Å². The average Bonchev–Trinajstić information content (AvgIpc) is 2.38. The number of nitrogens with zero attached hydrogens (tertiary/aromatic N) is 3. The van der Waals surface area contributed by atoms with Gasteiger partial charge in [-0.05, 0) is 6.42 Å². The molecule has 0 amide bonds. The van der Waals surface area contributed by atoms with Crippen LogP contribution in [0.4, 0.5) is 5.69 Å². The van der Waals surface area contributed by atoms with Crippen LogP contribution in [0.25, 0.3) is 0 Å². The maximum Gasteiger partial charge on any atom is 0.131 e. The zero-order valence-electron chi connectivity index (χ0n) is 12.0. The van der Waals surface area contributed by atoms with E-state index in [0.29, 0.717) is 0 Å². The number of aromatic nitrogens is 2. The third-order valence-electron chi connectivity index (χ3n) is 3.04. The smallest absolute Gasteiger partial charge is 0.131 e. The fraction of sp³-hybridized carbons (Fsp3) is 0.714. The molecule has 0 spiro atoms. The molecule has 0 aliphatic carbocycles. The Bertz CT molecular complexity index is 366. The number of anilines is 1. The van der Waals surface area contributed by atoms with Crippen LogP contribution in [-0.2, 0) is 6.61 Å². The minimum Gasteiger partial charge on any atom is -0.390 e. The van der Waals surface area contributed by atoms with Gasteiger partial charge in [-0.2, -0.15) is 0 Å². The van der Waals surface area contributed by atoms with Crippen molar-refractivity contribution in [1.29, 1.82) is 0 Å². The Labute approximate surface area is 110 Å². The molecule has 0 aliphatic heterocycles. The van der Waals surface area contributed by atoms with Gasteiger partial charge in [0.2, 0.25) is 0 Å². The van der Waals surface area contributed by atoms with Crippen LogP contribution in [0.15, 0.2) is 6.20 Å². The molecule has 102 valence electrons. The SMILES string of the molecule is CCCCCN(C)c1cnc(C(C)C)nc1CO. The summed E-state index contributed by atoms with van der Waals surface area (Å²) in [6.07, 6.45) is 5.43. The third-order valence-corrected chi connectivity index (χ3v) is 3.04. The first kappa shape index (κ1) is 14.9. The minimum absolute atomic E-state index is 0.0321. The summed E-state index contributed by atoms with van der Waals surface area (Å²) in [5.41, 5.74) is 1.67. The van der Waals surface area contributed by atoms with E-state index in [1.54, 1.807) is 0 Å². The standard InChI is InChI=1S/C14H25N3O/c1-5-6-7-8-17(4)13-9-15-14(11(2)3)16-12(13)10-18/h9,11,18H,5-8,10H2,1-4H3. The molecule has 1 rings (SSSR count). The predicted molar refractivity (Wildman–Crippen MR) is 74.8 cm³/mol. The molecule has 4 heteroatoms. The molecule has 1 aromatic heterocycles. The first-order valence-electron chi connectivity index (χ1n) is 6.78. The number of aliphatic hydroxyl groups is 1. The number of hydrogen-bond donors (Lipinski definition) is 1. The summed E-state index contributed by atoms with van der Waals surface area (Å²) in [7, 11) is 2.03. The number of hydrogen-bond acceptors (Lipinski definition) is 4. The summed E-state index contributed by atoms with van der Waals surface area (Å²) >= 11 is 0. The van der Waals surface area contributed by atoms with Crippen molar-refractivity contribution in [3.8, 4) is 0 Å². The summed E-state index contributed by atoms with van der Waals surface area (Å²) in [6, 6.07) is 0. The quantitative estimate of drug-likeness (QED) is 0.757. The second kappa shape index (κ2) is 7.31. The topological polar surface area (TPSA) is 49.2 Å². The molecule has 0 saturated heterocycles. The van der Waals surface area contributed by atoms with Crippen molar-refractivity contribution in [3.05, 3.63) is 17.7 Å². The molecule has 4 nitrogen and oxygen atoms in total. The Balaban J connectivity index is 2.81. The van der Waals surface area contributed by atoms with Crippen LogP contribution in [-0.4, -0.2) is 28.7 Å². The lowest BCUT2D eigenvalue weighted by molar-refractivity contribution is 0.276. The molecule has 18 heavy (non-hydrogen) atoms. The van der Waals surface area contributed by atoms with Gasteiger partial charge in [0.1, 0.15) is 5.82 Å². The summed E-state index contributed by atoms with van der Waals surface area (Å²) in [5, 5.41) is 9.43. The predicted octanol–water partition coefficient (Wildman–Crippen LogP) is 2.72. The second-order valence-electron chi connectivity index (χ2n) is 5.00. The van der Waals surface area contributed by atoms with Gasteiger partial charge in [0, 0.05) is 19.5 Å². The lowest BCUT2D eigenvalue weighted by atomic mass is 10.2. The van der Waals surface area contributed by atoms with Crippen LogP contribution >= 0.6 is 0 Å². The summed E-state index contributed by atoms with van der Waals surface area (Å²) in [6.45, 7) is 7.25. The van der Waals surface area contributed by atoms with Crippen LogP contribution < -0.4 is 4.90 Å². The minimum atomic E-state index is -0.0321. The van der Waals surface area contributed by atoms with Gasteiger partial charge < -0.3 is 10.0 Å². The highest BCUT2D eigenvalue weighted by atomic mass is 16.3. The molecule has 1 heterocycles. The lowest BCUT2D eigenvalue weighted by Crippen LogP contribution is -2.21. The van der Waals surface area contributed by atoms with E-state index in [-0.39, 0.29) is 12.5 Å². The first-order chi connectivity index (χ1) is 8.60. The first-order valence-corrected chi connectivity index (χ1v) is 6.78. The summed E-state index contributed by atoms with van der Waals surface area (Å²) in [5.74, 6) is 1.08. The molecular weight excluding hydrogens is 226 g/mol. The zero-order valence-corrected chi connectivity index (χ0v) is 12.0. The van der Waals surface area contributed by atoms with E-state index in [1.807, 2.05) is 13.2 Å². The van der Waals surface area contributed by atoms with Gasteiger partial charge >= 0.3 is 0 Å². The van der Waals surface area contributed by atoms with Crippen molar-refractivity contribution >= 4 is 5.69 Å². The van der Waals surface area contributed by atoms with Crippen molar-refractivity contribution < 1.29 is 5.11 Å². The fourth-order valence-corrected chi connectivity index (χ4v) is 1.86. The Morgan fingerprint density at radius 2 is 2.06 bits per heavy atom. The van der Waals surface area contributed by atoms with Crippen LogP contribution in [0.2, 0.25) is 0 Å². The van der Waals surface area contributed by atoms with Gasteiger partial charge in [-0.1, -0.05) is 33.6 Å². The summed E-state index contributed by atoms with van der Waals surface area (Å²) in [4.78, 5) is 10.9. The van der Waals surface area contributed by atoms with E-state index in [4.69, 9.17) is 0 Å². The Morgan fingerprint density at radius 1 is 1.33 bits per heavy atom. The van der Waals surface area contributed by atoms with Crippen molar-refractivity contribution in [2.45, 2.75) is 52.6 Å². The molecule has 0 atom stereocenters. The highest BCUT2D eigenvalue weighted by Gasteiger charge is 2.12. The van der Waals surface area contributed by atoms with Gasteiger partial charge in [0.25, 0.3) is 0 Å². The highest BCUT2D eigenvalue weighted by molar-refractivity contribution is 5.48. The molecule has 0 fully saturated rings. The second-order valence-corrected chi connectivity index (χ2v) is 5.00. The highest BCUT2D eigenvalue weighted by Crippen LogP contribution is 2.19. The maximum atomic E-state index is 9.43. The Hall–Kier alpha value is -1.16.